The van der Waals surface area contributed by atoms with Gasteiger partial charge < -0.3 is 76.9 Å². The first kappa shape index (κ1) is 121. The Morgan fingerprint density at radius 2 is 0.563 bits per heavy atom. The number of aliphatic hydroxyl groups excluding tert-OH is 1. The molecule has 0 spiro atoms. The van der Waals surface area contributed by atoms with Crippen LogP contribution in [-0.2, 0) is 106 Å². The van der Waals surface area contributed by atoms with Crippen molar-refractivity contribution in [2.24, 2.45) is 0 Å². The van der Waals surface area contributed by atoms with Gasteiger partial charge in [-0.3, -0.25) is 82.6 Å². The lowest BCUT2D eigenvalue weighted by Gasteiger charge is -2.19. The molecule has 0 aliphatic rings. The van der Waals surface area contributed by atoms with Crippen LogP contribution in [0.2, 0.25) is 0 Å². The monoisotopic (exact) mass is 1900 g/mol. The number of aldehydes is 2. The Morgan fingerprint density at radius 1 is 0.333 bits per heavy atom. The molecule has 0 amide bonds. The molecule has 0 aromatic heterocycles. The molecule has 3 N–H and O–H groups in total. The zero-order chi connectivity index (χ0) is 101. The van der Waals surface area contributed by atoms with Gasteiger partial charge in [-0.15, -0.1) is 0 Å². The number of hydrogen-bond acceptors (Lipinski definition) is 34. The van der Waals surface area contributed by atoms with Crippen LogP contribution in [-0.4, -0.2) is 151 Å². The van der Waals surface area contributed by atoms with Crippen molar-refractivity contribution in [1.82, 2.24) is 0 Å². The fraction of sp³-hybridized carbons (Fsp3) is 0.406. The standard InChI is InChI=1S/C23H25NO9.C18H24O6.C16H22O5.C16H20O5.C9H16O4.C7H4ClNO4.C7H6O2.B/c1-23(2,3)33-21(26)6-4-5-20(25)31-18-11-7-16(8-12-18)15-30-22(27)32-19-13-9-17(10-14-19)24(28)29;1-13(19)22-12-14-8-10-15(11-9-14)23-16(20)6-5-7-17(21)24-18(2,3)4;2*1-16(2,3)21-15(19)6-4-5-14(18)20-13-9-7-12(11-17)8-10-13;1-9(2,3)13-8(12)6-4-5-7(10)11;8-7(10)13-6-3-1-5(2-4-6)9(11)12;8-5-6-1-3-7(9)4-2-6;/h7-14H,4-6,15H2,1-3H3;8-11H,5-7,12H2,1-4H3;7-10,17H,4-6,11H2,1-3H3;7-11H,4-6H2,1-3H3;4-6H2,1-3H3,(H,10,11);1-4H;1-5,9H;. The number of carboxylic acid groups (broad SMARTS) is 1. The molecule has 39 heteroatoms. The first-order valence-corrected chi connectivity index (χ1v) is 42.0. The number of carbonyl (C=O) groups is 15. The van der Waals surface area contributed by atoms with Crippen molar-refractivity contribution < 1.29 is 159 Å². The molecule has 0 saturated carbocycles. The molecular weight excluding hydrogens is 1790 g/mol. The van der Waals surface area contributed by atoms with Crippen molar-refractivity contribution in [3.8, 4) is 40.2 Å². The van der Waals surface area contributed by atoms with Gasteiger partial charge in [-0.1, -0.05) is 36.4 Å². The number of nitro benzene ring substituents is 2. The van der Waals surface area contributed by atoms with Gasteiger partial charge in [0.2, 0.25) is 0 Å². The second-order valence-corrected chi connectivity index (χ2v) is 33.5. The number of rotatable bonds is 35. The highest BCUT2D eigenvalue weighted by Gasteiger charge is 2.23. The number of aromatic hydroxyl groups is 1. The number of carboxylic acids is 1. The van der Waals surface area contributed by atoms with Crippen LogP contribution in [0.4, 0.5) is 21.0 Å². The minimum absolute atomic E-state index is 0. The van der Waals surface area contributed by atoms with E-state index in [0.717, 1.165) is 17.4 Å². The lowest BCUT2D eigenvalue weighted by molar-refractivity contribution is -0.385. The van der Waals surface area contributed by atoms with Gasteiger partial charge in [0, 0.05) is 127 Å². The van der Waals surface area contributed by atoms with Gasteiger partial charge in [-0.05, 0) is 262 Å². The minimum atomic E-state index is -0.978. The first-order chi connectivity index (χ1) is 62.5. The number of nitrogens with zero attached hydrogens (tertiary/aromatic N) is 2. The third kappa shape index (κ3) is 65.8. The molecule has 0 aliphatic heterocycles. The molecule has 3 radical (unpaired) electrons. The van der Waals surface area contributed by atoms with Crippen LogP contribution in [0, 0.1) is 20.2 Å². The van der Waals surface area contributed by atoms with E-state index in [0.29, 0.717) is 78.1 Å². The van der Waals surface area contributed by atoms with Crippen LogP contribution in [0.15, 0.2) is 170 Å². The van der Waals surface area contributed by atoms with Gasteiger partial charge in [0.05, 0.1) is 16.5 Å². The van der Waals surface area contributed by atoms with Gasteiger partial charge >= 0.3 is 77.2 Å². The Hall–Kier alpha value is -14.3. The molecule has 7 aromatic rings. The smallest absolute Gasteiger partial charge is 0.508 e. The number of aliphatic carboxylic acids is 1. The lowest BCUT2D eigenvalue weighted by atomic mass is 10.2. The number of phenolic OH excluding ortho intramolecular Hbond substituents is 1. The molecule has 7 aromatic carbocycles. The third-order valence-electron chi connectivity index (χ3n) is 15.1. The van der Waals surface area contributed by atoms with E-state index in [1.807, 2.05) is 0 Å². The van der Waals surface area contributed by atoms with Crippen LogP contribution in [0.1, 0.15) is 244 Å². The highest BCUT2D eigenvalue weighted by atomic mass is 35.5. The van der Waals surface area contributed by atoms with Crippen molar-refractivity contribution >= 4 is 121 Å². The third-order valence-corrected chi connectivity index (χ3v) is 15.2. The molecule has 0 fully saturated rings. The molecule has 0 heterocycles. The van der Waals surface area contributed by atoms with Crippen molar-refractivity contribution in [3.63, 3.8) is 0 Å². The molecule has 0 unspecified atom stereocenters. The quantitative estimate of drug-likeness (QED) is 0.00382. The number of non-ortho nitro benzene ring substituents is 2. The summed E-state index contributed by atoms with van der Waals surface area (Å²) in [4.78, 5) is 187. The fourth-order valence-electron chi connectivity index (χ4n) is 9.54. The van der Waals surface area contributed by atoms with Crippen molar-refractivity contribution in [3.05, 3.63) is 218 Å². The highest BCUT2D eigenvalue weighted by molar-refractivity contribution is 6.61. The normalized spacial score (nSPS) is 10.5. The van der Waals surface area contributed by atoms with Crippen molar-refractivity contribution in [1.29, 1.82) is 0 Å². The van der Waals surface area contributed by atoms with Crippen molar-refractivity contribution in [2.75, 3.05) is 0 Å². The first-order valence-electron chi connectivity index (χ1n) is 41.7. The number of benzene rings is 7. The summed E-state index contributed by atoms with van der Waals surface area (Å²) in [6, 6.07) is 41.9. The molecule has 37 nitrogen and oxygen atoms in total. The Bertz CT molecular complexity index is 4910. The zero-order valence-corrected chi connectivity index (χ0v) is 79.1. The van der Waals surface area contributed by atoms with E-state index < -0.39 is 79.3 Å². The van der Waals surface area contributed by atoms with E-state index >= 15 is 0 Å². The number of nitro groups is 2. The van der Waals surface area contributed by atoms with Gasteiger partial charge in [-0.2, -0.15) is 0 Å². The summed E-state index contributed by atoms with van der Waals surface area (Å²) in [5, 5.41) is 46.8. The number of halogens is 1. The maximum atomic E-state index is 11.9. The summed E-state index contributed by atoms with van der Waals surface area (Å²) in [6.45, 7) is 28.2. The van der Waals surface area contributed by atoms with E-state index in [9.17, 15) is 92.1 Å². The van der Waals surface area contributed by atoms with Crippen LogP contribution in [0.5, 0.6) is 40.2 Å². The Balaban J connectivity index is 0.00000160. The molecule has 135 heavy (non-hydrogen) atoms. The maximum Gasteiger partial charge on any atom is 0.514 e. The Morgan fingerprint density at radius 3 is 0.807 bits per heavy atom. The molecule has 731 valence electrons. The largest absolute Gasteiger partial charge is 0.514 e. The van der Waals surface area contributed by atoms with E-state index in [1.54, 1.807) is 213 Å². The Kier molecular flexibility index (Phi) is 56.3. The second-order valence-electron chi connectivity index (χ2n) is 33.2. The second kappa shape index (κ2) is 62.9. The topological polar surface area (TPSA) is 523 Å². The molecular formula is C96H117BClN2O35. The number of ether oxygens (including phenoxy) is 13. The van der Waals surface area contributed by atoms with E-state index in [4.69, 9.17) is 83.8 Å². The number of hydrogen-bond donors (Lipinski definition) is 3. The summed E-state index contributed by atoms with van der Waals surface area (Å²) < 4.78 is 65.5. The molecule has 0 atom stereocenters. The van der Waals surface area contributed by atoms with E-state index in [2.05, 4.69) is 4.74 Å². The van der Waals surface area contributed by atoms with E-state index in [1.165, 1.54) is 67.6 Å². The number of esters is 10. The zero-order valence-electron chi connectivity index (χ0n) is 78.3. The summed E-state index contributed by atoms with van der Waals surface area (Å²) in [6.07, 6.45) is 3.61. The molecule has 7 rings (SSSR count). The number of aliphatic hydroxyl groups is 1. The van der Waals surface area contributed by atoms with Crippen LogP contribution >= 0.6 is 11.6 Å². The fourth-order valence-corrected chi connectivity index (χ4v) is 9.63. The minimum Gasteiger partial charge on any atom is -0.508 e. The van der Waals surface area contributed by atoms with Gasteiger partial charge in [0.15, 0.2) is 0 Å². The van der Waals surface area contributed by atoms with E-state index in [-0.39, 0.29) is 157 Å². The maximum absolute atomic E-state index is 11.9. The lowest BCUT2D eigenvalue weighted by Crippen LogP contribution is -2.23. The average molecular weight is 1910 g/mol. The van der Waals surface area contributed by atoms with Crippen LogP contribution < -0.4 is 28.4 Å². The highest BCUT2D eigenvalue weighted by Crippen LogP contribution is 2.24. The number of carbonyl (C=O) groups excluding carboxylic acids is 14. The molecule has 0 saturated heterocycles. The molecule has 0 bridgehead atoms. The predicted molar refractivity (Wildman–Crippen MR) is 489 cm³/mol. The summed E-state index contributed by atoms with van der Waals surface area (Å²) >= 11 is 4.92. The molecule has 0 aliphatic carbocycles. The summed E-state index contributed by atoms with van der Waals surface area (Å²) in [5.41, 5.74) is -0.509. The summed E-state index contributed by atoms with van der Waals surface area (Å²) in [7, 11) is 0. The Labute approximate surface area is 789 Å². The van der Waals surface area contributed by atoms with Crippen LogP contribution in [0.25, 0.3) is 0 Å². The van der Waals surface area contributed by atoms with Crippen LogP contribution in [0.3, 0.4) is 0 Å². The van der Waals surface area contributed by atoms with Gasteiger partial charge in [0.25, 0.3) is 11.4 Å². The number of phenols is 1. The SMILES string of the molecule is CC(=O)OCc1ccc(OC(=O)CCCC(=O)OC(C)(C)C)cc1.CC(C)(C)OC(=O)CCCC(=O)O.CC(C)(C)OC(=O)CCCC(=O)Oc1ccc(C=O)cc1.CC(C)(C)OC(=O)CCCC(=O)Oc1ccc(CO)cc1.CC(C)(C)OC(=O)CCCC(=O)Oc1ccc(COC(=O)Oc2ccc([N+](=O)[O-])cc2)cc1.O=C(Cl)Oc1ccc([N+](=O)[O-])cc1.O=Cc1ccc(O)cc1.[B]. The van der Waals surface area contributed by atoms with Gasteiger partial charge in [0.1, 0.15) is 94.0 Å². The van der Waals surface area contributed by atoms with Crippen molar-refractivity contribution in [2.45, 2.75) is 255 Å². The predicted octanol–water partition coefficient (Wildman–Crippen LogP) is 18.1. The summed E-state index contributed by atoms with van der Waals surface area (Å²) in [5.74, 6) is -2.63. The average Bonchev–Trinajstić information content (AvgIpc) is 0.899. The van der Waals surface area contributed by atoms with Gasteiger partial charge in [-0.25, -0.2) is 9.59 Å².